The second kappa shape index (κ2) is 16.4. The van der Waals surface area contributed by atoms with Crippen LogP contribution in [-0.2, 0) is 30.9 Å². The Morgan fingerprint density at radius 3 is 1.83 bits per heavy atom. The van der Waals surface area contributed by atoms with Crippen LogP contribution in [0.2, 0.25) is 0 Å². The van der Waals surface area contributed by atoms with Crippen LogP contribution in [0.25, 0.3) is 44.3 Å². The van der Waals surface area contributed by atoms with E-state index in [2.05, 4.69) is 0 Å². The molecule has 0 unspecified atom stereocenters. The van der Waals surface area contributed by atoms with Crippen molar-refractivity contribution < 1.29 is 47.0 Å². The summed E-state index contributed by atoms with van der Waals surface area (Å²) in [6.45, 7) is 1.14. The molecule has 0 N–H and O–H groups in total. The molecule has 12 heteroatoms. The summed E-state index contributed by atoms with van der Waals surface area (Å²) >= 11 is 0. The predicted molar refractivity (Wildman–Crippen MR) is 219 cm³/mol. The van der Waals surface area contributed by atoms with Gasteiger partial charge >= 0.3 is 5.63 Å². The van der Waals surface area contributed by atoms with Gasteiger partial charge in [0.15, 0.2) is 41.3 Å². The zero-order chi connectivity index (χ0) is 40.3. The topological polar surface area (TPSA) is 118 Å². The third-order valence-electron chi connectivity index (χ3n) is 10.3. The van der Waals surface area contributed by atoms with Gasteiger partial charge in [-0.3, -0.25) is 0 Å². The fraction of sp³-hybridized carbons (Fsp3) is 0.239. The maximum atomic E-state index is 14.2. The van der Waals surface area contributed by atoms with Gasteiger partial charge in [-0.1, -0.05) is 30.3 Å². The maximum Gasteiger partial charge on any atom is 0.361 e. The summed E-state index contributed by atoms with van der Waals surface area (Å²) in [5, 5.41) is 1.36. The first-order valence-electron chi connectivity index (χ1n) is 18.6. The molecule has 0 radical (unpaired) electrons. The van der Waals surface area contributed by atoms with Crippen LogP contribution >= 0.6 is 0 Å². The first kappa shape index (κ1) is 38.1. The van der Waals surface area contributed by atoms with Gasteiger partial charge < -0.3 is 51.6 Å². The van der Waals surface area contributed by atoms with Crippen LogP contribution in [-0.4, -0.2) is 54.0 Å². The molecule has 0 saturated heterocycles. The number of aromatic nitrogens is 1. The van der Waals surface area contributed by atoms with Crippen LogP contribution in [0, 0.1) is 0 Å². The van der Waals surface area contributed by atoms with E-state index in [0.717, 1.165) is 50.6 Å². The Balaban J connectivity index is 1.30. The van der Waals surface area contributed by atoms with E-state index >= 15 is 0 Å². The molecule has 0 amide bonds. The Labute approximate surface area is 334 Å². The molecule has 58 heavy (non-hydrogen) atoms. The van der Waals surface area contributed by atoms with Gasteiger partial charge in [-0.05, 0) is 83.3 Å². The largest absolute Gasteiger partial charge is 0.497 e. The van der Waals surface area contributed by atoms with Crippen LogP contribution in [0.5, 0.6) is 46.0 Å². The number of hydrogen-bond donors (Lipinski definition) is 0. The Morgan fingerprint density at radius 1 is 0.603 bits per heavy atom. The van der Waals surface area contributed by atoms with E-state index in [-0.39, 0.29) is 6.79 Å². The number of nitrogens with zero attached hydrogens (tertiary/aromatic N) is 1. The van der Waals surface area contributed by atoms with Crippen molar-refractivity contribution in [2.24, 2.45) is 0 Å². The summed E-state index contributed by atoms with van der Waals surface area (Å²) in [5.74, 6) is 4.62. The molecule has 5 aromatic carbocycles. The standard InChI is InChI=1S/C46H43NO11/c1-49-26-57-41-23-36-34(22-39(41)54-6)43-42(30-11-16-35(37(20-30)52-4)55-24-27-7-12-31(50-2)13-8-27)44-33-21-38(53-5)40(56-25-28-9-14-32(51-3)15-10-28)19-29(33)17-18-47(44)45(43)46(48)58-36/h7-16,19-23H,17-18,24-26H2,1-6H3. The highest BCUT2D eigenvalue weighted by atomic mass is 16.7. The lowest BCUT2D eigenvalue weighted by Gasteiger charge is -2.23. The number of benzene rings is 5. The highest BCUT2D eigenvalue weighted by Crippen LogP contribution is 2.50. The van der Waals surface area contributed by atoms with Crippen LogP contribution in [0.4, 0.5) is 0 Å². The third-order valence-corrected chi connectivity index (χ3v) is 10.3. The van der Waals surface area contributed by atoms with Gasteiger partial charge in [-0.15, -0.1) is 0 Å². The monoisotopic (exact) mass is 785 g/mol. The number of methoxy groups -OCH3 is 6. The molecule has 12 nitrogen and oxygen atoms in total. The van der Waals surface area contributed by atoms with E-state index in [1.165, 1.54) is 7.11 Å². The molecule has 8 rings (SSSR count). The molecule has 7 aromatic rings. The number of hydrogen-bond acceptors (Lipinski definition) is 11. The molecule has 2 aromatic heterocycles. The summed E-state index contributed by atoms with van der Waals surface area (Å²) in [6.07, 6.45) is 0.625. The molecule has 3 heterocycles. The normalized spacial score (nSPS) is 11.8. The Bertz CT molecular complexity index is 2660. The first-order valence-corrected chi connectivity index (χ1v) is 18.6. The fourth-order valence-corrected chi connectivity index (χ4v) is 7.48. The minimum Gasteiger partial charge on any atom is -0.497 e. The van der Waals surface area contributed by atoms with E-state index in [4.69, 9.17) is 47.0 Å². The van der Waals surface area contributed by atoms with Gasteiger partial charge in [-0.2, -0.15) is 0 Å². The lowest BCUT2D eigenvalue weighted by atomic mass is 9.91. The van der Waals surface area contributed by atoms with Crippen molar-refractivity contribution in [3.63, 3.8) is 0 Å². The summed E-state index contributed by atoms with van der Waals surface area (Å²) in [6, 6.07) is 28.8. The van der Waals surface area contributed by atoms with Crippen molar-refractivity contribution >= 4 is 21.9 Å². The second-order valence-electron chi connectivity index (χ2n) is 13.6. The van der Waals surface area contributed by atoms with Crippen molar-refractivity contribution in [1.29, 1.82) is 0 Å². The van der Waals surface area contributed by atoms with Gasteiger partial charge in [0.25, 0.3) is 0 Å². The Hall–Kier alpha value is -6.79. The number of rotatable bonds is 15. The minimum absolute atomic E-state index is 0.0167. The van der Waals surface area contributed by atoms with E-state index in [1.807, 2.05) is 89.5 Å². The van der Waals surface area contributed by atoms with Crippen molar-refractivity contribution in [3.8, 4) is 68.4 Å². The molecule has 0 atom stereocenters. The fourth-order valence-electron chi connectivity index (χ4n) is 7.48. The van der Waals surface area contributed by atoms with Gasteiger partial charge in [0, 0.05) is 41.6 Å². The van der Waals surface area contributed by atoms with Gasteiger partial charge in [-0.25, -0.2) is 4.79 Å². The molecule has 298 valence electrons. The summed E-state index contributed by atoms with van der Waals surface area (Å²) in [4.78, 5) is 14.2. The smallest absolute Gasteiger partial charge is 0.361 e. The van der Waals surface area contributed by atoms with Crippen LogP contribution < -0.4 is 43.5 Å². The van der Waals surface area contributed by atoms with Crippen molar-refractivity contribution in [2.45, 2.75) is 26.2 Å². The lowest BCUT2D eigenvalue weighted by Crippen LogP contribution is -2.15. The number of ether oxygens (including phenoxy) is 9. The molecule has 0 saturated carbocycles. The summed E-state index contributed by atoms with van der Waals surface area (Å²) in [5.41, 5.74) is 6.58. The second-order valence-corrected chi connectivity index (χ2v) is 13.6. The van der Waals surface area contributed by atoms with Gasteiger partial charge in [0.05, 0.1) is 41.2 Å². The minimum atomic E-state index is -0.487. The SMILES string of the molecule is COCOc1cc2oc(=O)c3c(c(-c4ccc(OCc5ccc(OC)cc5)c(OC)c4)c4n3CCc3cc(OCc5ccc(OC)cc5)c(OC)cc3-4)c2cc1OC. The molecule has 0 bridgehead atoms. The molecule has 1 aliphatic heterocycles. The Kier molecular flexibility index (Phi) is 10.7. The van der Waals surface area contributed by atoms with Crippen molar-refractivity contribution in [2.75, 3.05) is 49.5 Å². The van der Waals surface area contributed by atoms with E-state index in [1.54, 1.807) is 41.6 Å². The number of aryl methyl sites for hydroxylation is 2. The summed E-state index contributed by atoms with van der Waals surface area (Å²) in [7, 11) is 9.60. The first-order chi connectivity index (χ1) is 28.4. The van der Waals surface area contributed by atoms with E-state index in [0.29, 0.717) is 82.5 Å². The zero-order valence-electron chi connectivity index (χ0n) is 33.1. The average molecular weight is 786 g/mol. The molecular formula is C46H43NO11. The average Bonchev–Trinajstić information content (AvgIpc) is 3.63. The molecule has 0 spiro atoms. The molecule has 0 aliphatic carbocycles. The lowest BCUT2D eigenvalue weighted by molar-refractivity contribution is 0.0492. The molecule has 1 aliphatic rings. The van der Waals surface area contributed by atoms with Crippen LogP contribution in [0.1, 0.15) is 16.7 Å². The van der Waals surface area contributed by atoms with Crippen molar-refractivity contribution in [3.05, 3.63) is 118 Å². The third kappa shape index (κ3) is 7.07. The molecular weight excluding hydrogens is 743 g/mol. The van der Waals surface area contributed by atoms with Gasteiger partial charge in [0.2, 0.25) is 0 Å². The highest BCUT2D eigenvalue weighted by molar-refractivity contribution is 6.17. The van der Waals surface area contributed by atoms with E-state index in [9.17, 15) is 4.79 Å². The summed E-state index contributed by atoms with van der Waals surface area (Å²) < 4.78 is 60.0. The highest BCUT2D eigenvalue weighted by Gasteiger charge is 2.31. The van der Waals surface area contributed by atoms with E-state index < -0.39 is 5.63 Å². The predicted octanol–water partition coefficient (Wildman–Crippen LogP) is 8.82. The Morgan fingerprint density at radius 2 is 1.21 bits per heavy atom. The van der Waals surface area contributed by atoms with Crippen LogP contribution in [0.3, 0.4) is 0 Å². The van der Waals surface area contributed by atoms with Crippen molar-refractivity contribution in [1.82, 2.24) is 4.57 Å². The quantitative estimate of drug-likeness (QED) is 0.0733. The van der Waals surface area contributed by atoms with Crippen LogP contribution in [0.15, 0.2) is 100 Å². The molecule has 0 fully saturated rings. The zero-order valence-corrected chi connectivity index (χ0v) is 33.1. The van der Waals surface area contributed by atoms with Gasteiger partial charge in [0.1, 0.15) is 35.8 Å². The number of fused-ring (bicyclic) bond motifs is 7. The maximum absolute atomic E-state index is 14.2.